The Morgan fingerprint density at radius 1 is 1.75 bits per heavy atom. The normalized spacial score (nSPS) is 8.67. The average Bonchev–Trinajstić information content (AvgIpc) is 2.05. The van der Waals surface area contributed by atoms with Gasteiger partial charge in [0, 0.05) is 6.20 Å². The van der Waals surface area contributed by atoms with Crippen LogP contribution < -0.4 is 0 Å². The van der Waals surface area contributed by atoms with Crippen LogP contribution >= 0.6 is 12.2 Å². The van der Waals surface area contributed by atoms with E-state index in [4.69, 9.17) is 5.11 Å². The minimum atomic E-state index is -1.08. The molecule has 1 rings (SSSR count). The minimum absolute atomic E-state index is 0.0230. The molecular weight excluding hydrogens is 176 g/mol. The first-order valence-electron chi connectivity index (χ1n) is 3.02. The number of carboxylic acid groups (broad SMARTS) is 1. The molecule has 0 unspecified atom stereocenters. The Labute approximate surface area is 73.6 Å². The fraction of sp³-hybridized carbons (Fsp3) is 0. The molecule has 0 aromatic carbocycles. The zero-order valence-electron chi connectivity index (χ0n) is 5.89. The quantitative estimate of drug-likeness (QED) is 0.553. The molecule has 0 bridgehead atoms. The van der Waals surface area contributed by atoms with Gasteiger partial charge in [-0.15, -0.1) is 0 Å². The van der Waals surface area contributed by atoms with Crippen LogP contribution in [0.5, 0.6) is 0 Å². The Morgan fingerprint density at radius 2 is 2.50 bits per heavy atom. The largest absolute Gasteiger partial charge is 0.478 e. The fourth-order valence-electron chi connectivity index (χ4n) is 0.696. The van der Waals surface area contributed by atoms with E-state index in [-0.39, 0.29) is 11.4 Å². The van der Waals surface area contributed by atoms with E-state index in [1.165, 1.54) is 18.3 Å². The van der Waals surface area contributed by atoms with Crippen molar-refractivity contribution in [3.8, 4) is 0 Å². The molecule has 0 aliphatic rings. The summed E-state index contributed by atoms with van der Waals surface area (Å²) in [5, 5.41) is 10.7. The highest BCUT2D eigenvalue weighted by Gasteiger charge is 2.08. The smallest absolute Gasteiger partial charge is 0.339 e. The van der Waals surface area contributed by atoms with Crippen molar-refractivity contribution in [2.24, 2.45) is 4.99 Å². The van der Waals surface area contributed by atoms with Crippen molar-refractivity contribution in [1.29, 1.82) is 0 Å². The molecule has 0 saturated heterocycles. The summed E-state index contributed by atoms with van der Waals surface area (Å²) < 4.78 is 0. The van der Waals surface area contributed by atoms with Crippen molar-refractivity contribution in [3.63, 3.8) is 0 Å². The topological polar surface area (TPSA) is 62.5 Å². The van der Waals surface area contributed by atoms with Crippen LogP contribution in [-0.2, 0) is 0 Å². The van der Waals surface area contributed by atoms with Gasteiger partial charge < -0.3 is 5.11 Å². The average molecular weight is 180 g/mol. The standard InChI is InChI=1S/C7H4N2O2S/c10-7(11)5-2-1-3-8-6(5)9-4-12/h1-3H,(H,10,11). The van der Waals surface area contributed by atoms with Crippen LogP contribution in [0.1, 0.15) is 10.4 Å². The molecule has 0 aliphatic carbocycles. The van der Waals surface area contributed by atoms with E-state index in [1.807, 2.05) is 0 Å². The zero-order chi connectivity index (χ0) is 8.97. The van der Waals surface area contributed by atoms with Crippen LogP contribution in [0.25, 0.3) is 0 Å². The van der Waals surface area contributed by atoms with Gasteiger partial charge >= 0.3 is 5.97 Å². The third-order valence-electron chi connectivity index (χ3n) is 1.17. The number of carboxylic acids is 1. The number of aliphatic imine (C=N–C) groups is 1. The SMILES string of the molecule is O=C(O)c1cccnc1N=C=S. The Hall–Kier alpha value is -1.58. The number of rotatable bonds is 2. The van der Waals surface area contributed by atoms with E-state index in [2.05, 4.69) is 27.4 Å². The summed E-state index contributed by atoms with van der Waals surface area (Å²) >= 11 is 4.33. The molecule has 0 amide bonds. The Balaban J connectivity index is 3.26. The Morgan fingerprint density at radius 3 is 3.08 bits per heavy atom. The zero-order valence-corrected chi connectivity index (χ0v) is 6.71. The van der Waals surface area contributed by atoms with Gasteiger partial charge in [-0.3, -0.25) is 0 Å². The van der Waals surface area contributed by atoms with E-state index < -0.39 is 5.97 Å². The molecule has 4 nitrogen and oxygen atoms in total. The van der Waals surface area contributed by atoms with Gasteiger partial charge in [-0.25, -0.2) is 9.78 Å². The van der Waals surface area contributed by atoms with Crippen LogP contribution in [0.3, 0.4) is 0 Å². The van der Waals surface area contributed by atoms with Gasteiger partial charge in [-0.2, -0.15) is 4.99 Å². The van der Waals surface area contributed by atoms with Crippen LogP contribution in [0.4, 0.5) is 5.82 Å². The Bertz CT molecular complexity index is 337. The predicted octanol–water partition coefficient (Wildman–Crippen LogP) is 1.51. The molecule has 12 heavy (non-hydrogen) atoms. The highest BCUT2D eigenvalue weighted by atomic mass is 32.1. The van der Waals surface area contributed by atoms with Crippen LogP contribution in [-0.4, -0.2) is 21.2 Å². The van der Waals surface area contributed by atoms with Crippen molar-refractivity contribution in [3.05, 3.63) is 23.9 Å². The fourth-order valence-corrected chi connectivity index (χ4v) is 0.783. The second-order valence-corrected chi connectivity index (χ2v) is 2.07. The maximum Gasteiger partial charge on any atom is 0.339 e. The van der Waals surface area contributed by atoms with Crippen molar-refractivity contribution >= 4 is 29.2 Å². The maximum atomic E-state index is 10.5. The lowest BCUT2D eigenvalue weighted by atomic mass is 10.2. The molecule has 0 saturated carbocycles. The second-order valence-electron chi connectivity index (χ2n) is 1.88. The monoisotopic (exact) mass is 180 g/mol. The van der Waals surface area contributed by atoms with E-state index in [1.54, 1.807) is 0 Å². The van der Waals surface area contributed by atoms with Gasteiger partial charge in [0.1, 0.15) is 5.56 Å². The number of hydrogen-bond acceptors (Lipinski definition) is 4. The van der Waals surface area contributed by atoms with Gasteiger partial charge in [-0.05, 0) is 24.4 Å². The molecule has 1 heterocycles. The number of nitrogens with zero attached hydrogens (tertiary/aromatic N) is 2. The summed E-state index contributed by atoms with van der Waals surface area (Å²) in [4.78, 5) is 17.7. The summed E-state index contributed by atoms with van der Waals surface area (Å²) in [6, 6.07) is 2.92. The van der Waals surface area contributed by atoms with Crippen LogP contribution in [0.2, 0.25) is 0 Å². The second kappa shape index (κ2) is 3.71. The third-order valence-corrected chi connectivity index (χ3v) is 1.26. The van der Waals surface area contributed by atoms with E-state index in [0.717, 1.165) is 0 Å². The number of isothiocyanates is 1. The first kappa shape index (κ1) is 8.52. The molecule has 0 fully saturated rings. The molecule has 0 aliphatic heterocycles. The molecule has 1 aromatic heterocycles. The van der Waals surface area contributed by atoms with E-state index >= 15 is 0 Å². The number of pyridine rings is 1. The lowest BCUT2D eigenvalue weighted by molar-refractivity contribution is 0.0697. The Kier molecular flexibility index (Phi) is 2.63. The van der Waals surface area contributed by atoms with Crippen LogP contribution in [0.15, 0.2) is 23.3 Å². The third kappa shape index (κ3) is 1.72. The van der Waals surface area contributed by atoms with Gasteiger partial charge in [0.2, 0.25) is 0 Å². The first-order chi connectivity index (χ1) is 5.75. The van der Waals surface area contributed by atoms with Crippen molar-refractivity contribution < 1.29 is 9.90 Å². The van der Waals surface area contributed by atoms with Crippen molar-refractivity contribution in [1.82, 2.24) is 4.98 Å². The number of aromatic nitrogens is 1. The van der Waals surface area contributed by atoms with Gasteiger partial charge in [-0.1, -0.05) is 0 Å². The maximum absolute atomic E-state index is 10.5. The summed E-state index contributed by atoms with van der Waals surface area (Å²) in [6.45, 7) is 0. The molecule has 0 radical (unpaired) electrons. The van der Waals surface area contributed by atoms with Gasteiger partial charge in [0.25, 0.3) is 0 Å². The summed E-state index contributed by atoms with van der Waals surface area (Å²) in [5.74, 6) is -0.993. The number of aromatic carboxylic acids is 1. The molecule has 60 valence electrons. The highest BCUT2D eigenvalue weighted by Crippen LogP contribution is 2.13. The summed E-state index contributed by atoms with van der Waals surface area (Å²) in [5.41, 5.74) is 0.0230. The number of hydrogen-bond donors (Lipinski definition) is 1. The lowest BCUT2D eigenvalue weighted by Gasteiger charge is -1.94. The van der Waals surface area contributed by atoms with Gasteiger partial charge in [0.05, 0.1) is 5.16 Å². The predicted molar refractivity (Wildman–Crippen MR) is 45.9 cm³/mol. The first-order valence-corrected chi connectivity index (χ1v) is 3.42. The molecule has 0 spiro atoms. The van der Waals surface area contributed by atoms with Gasteiger partial charge in [0.15, 0.2) is 5.82 Å². The summed E-state index contributed by atoms with van der Waals surface area (Å²) in [6.07, 6.45) is 1.44. The molecule has 1 aromatic rings. The molecular formula is C7H4N2O2S. The van der Waals surface area contributed by atoms with Crippen LogP contribution in [0, 0.1) is 0 Å². The minimum Gasteiger partial charge on any atom is -0.478 e. The van der Waals surface area contributed by atoms with Crippen molar-refractivity contribution in [2.45, 2.75) is 0 Å². The summed E-state index contributed by atoms with van der Waals surface area (Å²) in [7, 11) is 0. The number of carbonyl (C=O) groups is 1. The molecule has 0 atom stereocenters. The molecule has 5 heteroatoms. The number of thiocarbonyl (C=S) groups is 1. The van der Waals surface area contributed by atoms with Crippen molar-refractivity contribution in [2.75, 3.05) is 0 Å². The highest BCUT2D eigenvalue weighted by molar-refractivity contribution is 7.78. The lowest BCUT2D eigenvalue weighted by Crippen LogP contribution is -1.97. The van der Waals surface area contributed by atoms with E-state index in [9.17, 15) is 4.79 Å². The molecule has 1 N–H and O–H groups in total. The van der Waals surface area contributed by atoms with E-state index in [0.29, 0.717) is 0 Å².